The largest absolute Gasteiger partial charge is 0.379 e. The Morgan fingerprint density at radius 3 is 2.47 bits per heavy atom. The minimum atomic E-state index is -3.57. The molecule has 0 aliphatic carbocycles. The van der Waals surface area contributed by atoms with Crippen molar-refractivity contribution in [3.8, 4) is 11.3 Å². The van der Waals surface area contributed by atoms with Crippen LogP contribution in [-0.2, 0) is 19.6 Å². The molecule has 4 rings (SSSR count). The maximum atomic E-state index is 12.9. The minimum absolute atomic E-state index is 0.170. The molecule has 0 spiro atoms. The van der Waals surface area contributed by atoms with Gasteiger partial charge in [-0.2, -0.15) is 4.31 Å². The average molecular weight is 499 g/mol. The number of nitrogens with one attached hydrogen (secondary N) is 1. The number of aromatic nitrogens is 2. The fraction of sp³-hybridized carbons (Fsp3) is 0.292. The Hall–Kier alpha value is -2.79. The molecule has 1 atom stereocenters. The zero-order valence-electron chi connectivity index (χ0n) is 18.8. The number of morpholine rings is 1. The van der Waals surface area contributed by atoms with Crippen LogP contribution in [0.2, 0.25) is 0 Å². The molecule has 34 heavy (non-hydrogen) atoms. The monoisotopic (exact) mass is 498 g/mol. The summed E-state index contributed by atoms with van der Waals surface area (Å²) < 4.78 is 32.2. The highest BCUT2D eigenvalue weighted by Crippen LogP contribution is 2.28. The van der Waals surface area contributed by atoms with E-state index in [1.807, 2.05) is 43.3 Å². The third-order valence-corrected chi connectivity index (χ3v) is 8.58. The van der Waals surface area contributed by atoms with Gasteiger partial charge in [0.1, 0.15) is 11.4 Å². The minimum Gasteiger partial charge on any atom is -0.379 e. The molecule has 0 saturated carbocycles. The second kappa shape index (κ2) is 11.1. The van der Waals surface area contributed by atoms with Crippen LogP contribution in [0, 0.1) is 0 Å². The lowest BCUT2D eigenvalue weighted by atomic mass is 10.1. The van der Waals surface area contributed by atoms with E-state index in [1.165, 1.54) is 34.5 Å². The van der Waals surface area contributed by atoms with Gasteiger partial charge in [0.15, 0.2) is 0 Å². The van der Waals surface area contributed by atoms with Gasteiger partial charge < -0.3 is 10.1 Å². The molecule has 0 bridgehead atoms. The molecule has 2 aromatic carbocycles. The van der Waals surface area contributed by atoms with Gasteiger partial charge in [0, 0.05) is 24.3 Å². The first-order valence-corrected chi connectivity index (χ1v) is 13.3. The SMILES string of the molecule is CCC(Sc1cc(-c2ccccc2)ncn1)C(=O)Nc1ccc(S(=O)(=O)N2CCOCC2)cc1. The zero-order valence-corrected chi connectivity index (χ0v) is 20.4. The Balaban J connectivity index is 1.41. The highest BCUT2D eigenvalue weighted by atomic mass is 32.2. The van der Waals surface area contributed by atoms with Gasteiger partial charge >= 0.3 is 0 Å². The number of carbonyl (C=O) groups is 1. The molecule has 3 aromatic rings. The molecular formula is C24H26N4O4S2. The number of benzene rings is 2. The van der Waals surface area contributed by atoms with Crippen molar-refractivity contribution in [1.29, 1.82) is 0 Å². The smallest absolute Gasteiger partial charge is 0.243 e. The molecular weight excluding hydrogens is 472 g/mol. The van der Waals surface area contributed by atoms with Gasteiger partial charge in [0.25, 0.3) is 0 Å². The number of amides is 1. The van der Waals surface area contributed by atoms with Crippen LogP contribution < -0.4 is 5.32 Å². The Labute approximate surface area is 203 Å². The molecule has 1 aliphatic heterocycles. The molecule has 1 N–H and O–H groups in total. The topological polar surface area (TPSA) is 101 Å². The van der Waals surface area contributed by atoms with Crippen LogP contribution in [-0.4, -0.2) is 60.2 Å². The lowest BCUT2D eigenvalue weighted by Crippen LogP contribution is -2.40. The number of hydrogen-bond acceptors (Lipinski definition) is 7. The molecule has 0 radical (unpaired) electrons. The van der Waals surface area contributed by atoms with Crippen LogP contribution >= 0.6 is 11.8 Å². The second-order valence-electron chi connectivity index (χ2n) is 7.65. The number of sulfonamides is 1. The maximum absolute atomic E-state index is 12.9. The average Bonchev–Trinajstić information content (AvgIpc) is 2.89. The Kier molecular flexibility index (Phi) is 7.94. The molecule has 2 heterocycles. The van der Waals surface area contributed by atoms with E-state index in [4.69, 9.17) is 4.74 Å². The third-order valence-electron chi connectivity index (χ3n) is 5.37. The standard InChI is InChI=1S/C24H26N4O4S2/c1-2-22(33-23-16-21(25-17-26-23)18-6-4-3-5-7-18)24(29)27-19-8-10-20(11-9-19)34(30,31)28-12-14-32-15-13-28/h3-11,16-17,22H,2,12-15H2,1H3,(H,27,29). The first-order chi connectivity index (χ1) is 16.5. The summed E-state index contributed by atoms with van der Waals surface area (Å²) in [6, 6.07) is 17.9. The number of thioether (sulfide) groups is 1. The van der Waals surface area contributed by atoms with Crippen molar-refractivity contribution < 1.29 is 17.9 Å². The lowest BCUT2D eigenvalue weighted by Gasteiger charge is -2.26. The molecule has 1 unspecified atom stereocenters. The van der Waals surface area contributed by atoms with E-state index in [9.17, 15) is 13.2 Å². The van der Waals surface area contributed by atoms with Crippen molar-refractivity contribution in [3.63, 3.8) is 0 Å². The summed E-state index contributed by atoms with van der Waals surface area (Å²) >= 11 is 1.37. The predicted molar refractivity (Wildman–Crippen MR) is 132 cm³/mol. The fourth-order valence-corrected chi connectivity index (χ4v) is 5.83. The van der Waals surface area contributed by atoms with E-state index in [2.05, 4.69) is 15.3 Å². The maximum Gasteiger partial charge on any atom is 0.243 e. The lowest BCUT2D eigenvalue weighted by molar-refractivity contribution is -0.115. The number of nitrogens with zero attached hydrogens (tertiary/aromatic N) is 3. The summed E-state index contributed by atoms with van der Waals surface area (Å²) in [5, 5.41) is 3.23. The first kappa shape index (κ1) is 24.3. The fourth-order valence-electron chi connectivity index (χ4n) is 3.51. The van der Waals surface area contributed by atoms with Gasteiger partial charge in [0.05, 0.1) is 29.1 Å². The summed E-state index contributed by atoms with van der Waals surface area (Å²) in [6.07, 6.45) is 2.10. The van der Waals surface area contributed by atoms with Gasteiger partial charge in [-0.1, -0.05) is 49.0 Å². The Morgan fingerprint density at radius 1 is 1.09 bits per heavy atom. The van der Waals surface area contributed by atoms with Crippen LogP contribution in [0.5, 0.6) is 0 Å². The summed E-state index contributed by atoms with van der Waals surface area (Å²) in [5.74, 6) is -0.170. The summed E-state index contributed by atoms with van der Waals surface area (Å²) in [4.78, 5) is 21.8. The van der Waals surface area contributed by atoms with E-state index in [1.54, 1.807) is 12.1 Å². The molecule has 8 nitrogen and oxygen atoms in total. The summed E-state index contributed by atoms with van der Waals surface area (Å²) in [5.41, 5.74) is 2.32. The Morgan fingerprint density at radius 2 is 1.79 bits per heavy atom. The van der Waals surface area contributed by atoms with Crippen molar-refractivity contribution in [2.45, 2.75) is 28.5 Å². The van der Waals surface area contributed by atoms with Crippen LogP contribution in [0.3, 0.4) is 0 Å². The zero-order chi connectivity index (χ0) is 24.0. The normalized spacial score (nSPS) is 15.6. The van der Waals surface area contributed by atoms with Crippen LogP contribution in [0.4, 0.5) is 5.69 Å². The van der Waals surface area contributed by atoms with E-state index in [-0.39, 0.29) is 16.1 Å². The Bertz CT molecular complexity index is 1220. The molecule has 178 valence electrons. The predicted octanol–water partition coefficient (Wildman–Crippen LogP) is 3.67. The number of carbonyl (C=O) groups excluding carboxylic acids is 1. The quantitative estimate of drug-likeness (QED) is 0.373. The van der Waals surface area contributed by atoms with E-state index < -0.39 is 10.0 Å². The van der Waals surface area contributed by atoms with E-state index in [0.29, 0.717) is 43.4 Å². The summed E-state index contributed by atoms with van der Waals surface area (Å²) in [7, 11) is -3.57. The molecule has 1 fully saturated rings. The van der Waals surface area contributed by atoms with E-state index >= 15 is 0 Å². The first-order valence-electron chi connectivity index (χ1n) is 11.0. The number of ether oxygens (including phenoxy) is 1. The summed E-state index contributed by atoms with van der Waals surface area (Å²) in [6.45, 7) is 3.40. The molecule has 1 aliphatic rings. The van der Waals surface area contributed by atoms with Crippen LogP contribution in [0.1, 0.15) is 13.3 Å². The van der Waals surface area contributed by atoms with E-state index in [0.717, 1.165) is 11.3 Å². The van der Waals surface area contributed by atoms with Gasteiger partial charge in [-0.3, -0.25) is 4.79 Å². The molecule has 1 aromatic heterocycles. The van der Waals surface area contributed by atoms with Crippen molar-refractivity contribution in [1.82, 2.24) is 14.3 Å². The molecule has 10 heteroatoms. The van der Waals surface area contributed by atoms with Crippen molar-refractivity contribution in [2.75, 3.05) is 31.6 Å². The van der Waals surface area contributed by atoms with Crippen molar-refractivity contribution in [2.24, 2.45) is 0 Å². The number of rotatable bonds is 8. The number of hydrogen-bond donors (Lipinski definition) is 1. The van der Waals surface area contributed by atoms with Gasteiger partial charge in [-0.25, -0.2) is 18.4 Å². The third kappa shape index (κ3) is 5.82. The molecule has 1 saturated heterocycles. The number of anilines is 1. The van der Waals surface area contributed by atoms with Gasteiger partial charge in [-0.05, 0) is 36.8 Å². The highest BCUT2D eigenvalue weighted by Gasteiger charge is 2.26. The van der Waals surface area contributed by atoms with Crippen LogP contribution in [0.15, 0.2) is 76.9 Å². The second-order valence-corrected chi connectivity index (χ2v) is 10.8. The van der Waals surface area contributed by atoms with Gasteiger partial charge in [-0.15, -0.1) is 0 Å². The van der Waals surface area contributed by atoms with Crippen LogP contribution in [0.25, 0.3) is 11.3 Å². The highest BCUT2D eigenvalue weighted by molar-refractivity contribution is 8.00. The van der Waals surface area contributed by atoms with Crippen molar-refractivity contribution >= 4 is 33.4 Å². The van der Waals surface area contributed by atoms with Crippen molar-refractivity contribution in [3.05, 3.63) is 67.0 Å². The van der Waals surface area contributed by atoms with Gasteiger partial charge in [0.2, 0.25) is 15.9 Å². The molecule has 1 amide bonds.